The van der Waals surface area contributed by atoms with E-state index in [0.717, 1.165) is 10.9 Å². The third kappa shape index (κ3) is 28.6. The highest BCUT2D eigenvalue weighted by Gasteiger charge is 2.50. The van der Waals surface area contributed by atoms with E-state index in [1.54, 1.807) is 20.2 Å². The summed E-state index contributed by atoms with van der Waals surface area (Å²) in [5.41, 5.74) is 16.6. The Labute approximate surface area is 716 Å². The van der Waals surface area contributed by atoms with Crippen LogP contribution in [0.5, 0.6) is 0 Å². The van der Waals surface area contributed by atoms with E-state index in [9.17, 15) is 174 Å². The normalized spacial score (nSPS) is 27.7. The van der Waals surface area contributed by atoms with Crippen molar-refractivity contribution in [1.82, 2.24) is 62.7 Å². The topological polar surface area (TPSA) is 1120 Å². The molecule has 84 heteroatoms. The molecule has 0 saturated carbocycles. The van der Waals surface area contributed by atoms with Crippen molar-refractivity contribution < 1.29 is 245 Å². The van der Waals surface area contributed by atoms with E-state index in [1.807, 2.05) is 0 Å². The number of pyridine rings is 3. The highest BCUT2D eigenvalue weighted by molar-refractivity contribution is 7.66. The molecule has 129 heavy (non-hydrogen) atoms. The van der Waals surface area contributed by atoms with Crippen LogP contribution < -0.4 is 94.8 Å². The number of aryl methyl sites for hydroxylation is 1. The summed E-state index contributed by atoms with van der Waals surface area (Å²) >= 11 is 5.98. The number of nitrogens with two attached hydrogens (primary N) is 1. The van der Waals surface area contributed by atoms with Gasteiger partial charge in [0.2, 0.25) is 5.95 Å². The van der Waals surface area contributed by atoms with Crippen LogP contribution in [0, 0.1) is 5.41 Å². The number of nitrogens with one attached hydrogen (secondary N) is 2. The van der Waals surface area contributed by atoms with Gasteiger partial charge in [0.15, 0.2) is 53.0 Å². The lowest BCUT2D eigenvalue weighted by atomic mass is 10.1. The van der Waals surface area contributed by atoms with Crippen LogP contribution in [0.15, 0.2) is 67.2 Å². The molecule has 0 amide bonds. The van der Waals surface area contributed by atoms with Gasteiger partial charge in [-0.05, 0) is 28.8 Å². The predicted octanol–water partition coefficient (Wildman–Crippen LogP) is -12.5. The monoisotopic (exact) mass is 2100 g/mol. The molecule has 4 fully saturated rings. The van der Waals surface area contributed by atoms with E-state index in [-0.39, 0.29) is 61.3 Å². The molecule has 4 saturated heterocycles. The highest BCUT2D eigenvalue weighted by Crippen LogP contribution is 2.64. The van der Waals surface area contributed by atoms with Crippen molar-refractivity contribution in [3.05, 3.63) is 83.1 Å². The number of aromatic nitrogens is 13. The van der Waals surface area contributed by atoms with Gasteiger partial charge in [0.25, 0.3) is 62.6 Å². The molecule has 0 spiro atoms. The van der Waals surface area contributed by atoms with Gasteiger partial charge in [-0.3, -0.25) is 77.4 Å². The first-order chi connectivity index (χ1) is 59.2. The Hall–Kier alpha value is -5.43. The number of hydrogen-bond donors (Lipinski definition) is 11. The molecule has 12 heterocycles. The van der Waals surface area contributed by atoms with Crippen molar-refractivity contribution in [3.8, 4) is 0 Å². The lowest BCUT2D eigenvalue weighted by molar-refractivity contribution is -0.342. The van der Waals surface area contributed by atoms with Gasteiger partial charge in [-0.15, -0.1) is 0 Å². The maximum atomic E-state index is 11.7. The molecular formula is C45H52ClN19O52P12-16. The van der Waals surface area contributed by atoms with Gasteiger partial charge >= 0.3 is 0 Å². The standard InChI is InChI=1S/C12H19N4O13P3.C11H15ClN3O13P3.C11H16N7O13P3.C11H18N5O13P3/c1-13-6-2-3-14-11-8(6)15-5-16(11)12-10(18)9(17)7(27-12)4-26-31(22,23)29-32(24,25)28-30(19,20)21;12-5-1-2-13-10-7(5)14-4-15(10)11-9(17)8(16)6(26-11)3-25-30(21,22)28-31(23,24)27-29(18,19)20;12-4-1-2-14-9-6(4)15-11(16-17-13)18(9)10-8(20)7(19)5(29-10)3-28-33(24,25)31-34(26,27)30-32(21,22)23;1-15-3-14-10-6(9(15)12)13-4-16(10)11-8(18)7(17)5(27-11)2-26-31(22,23)29-32(24,25)28-30(19,20)21/h2-3,5,7,9-10,12,17-18H,4H2,1H3,(H,13,14)(H,22,23)(H,24,25)(H2,19,20,21);1-2,4,6,8-9,11,16-17H,3H2,(H,21,22)(H,23,24)(H2,18,19,20);1-2,5,7-8,10,19-20H,3H2,(H2,12,14)(H,24,25)(H,26,27)(H2,21,22,23);3-5,7-8,11-12,17-18H,2H2,1H3,(H,22,23)(H,24,25)(H2,19,20,21)/p-16. The number of aliphatic hydroxyl groups excluding tert-OH is 8. The molecule has 8 aromatic rings. The van der Waals surface area contributed by atoms with Crippen LogP contribution >= 0.6 is 105 Å². The Morgan fingerprint density at radius 3 is 1.10 bits per heavy atom. The molecule has 12 rings (SSSR count). The van der Waals surface area contributed by atoms with Gasteiger partial charge in [0, 0.05) is 37.6 Å². The summed E-state index contributed by atoms with van der Waals surface area (Å²) in [6.07, 6.45) is -16.5. The van der Waals surface area contributed by atoms with Gasteiger partial charge in [-0.25, -0.2) is 57.1 Å². The summed E-state index contributed by atoms with van der Waals surface area (Å²) in [5, 5.41) is 96.3. The molecule has 4 aliphatic rings. The number of ether oxygens (including phenoxy) is 4. The van der Waals surface area contributed by atoms with Crippen LogP contribution in [0.25, 0.3) is 55.1 Å². The zero-order valence-corrected chi connectivity index (χ0v) is 73.8. The Morgan fingerprint density at radius 2 is 0.744 bits per heavy atom. The second-order valence-corrected chi connectivity index (χ2v) is 42.4. The molecule has 8 aromatic heterocycles. The average molecular weight is 2100 g/mol. The van der Waals surface area contributed by atoms with Crippen LogP contribution in [0.2, 0.25) is 5.02 Å². The van der Waals surface area contributed by atoms with Crippen LogP contribution in [-0.4, -0.2) is 210 Å². The van der Waals surface area contributed by atoms with E-state index in [1.165, 1.54) is 68.0 Å². The van der Waals surface area contributed by atoms with Crippen molar-refractivity contribution in [2.75, 3.05) is 44.5 Å². The van der Waals surface area contributed by atoms with Gasteiger partial charge in [-0.1, -0.05) is 11.6 Å². The summed E-state index contributed by atoms with van der Waals surface area (Å²) in [6, 6.07) is 4.47. The fraction of sp³-hybridized carbons (Fsp3) is 0.489. The maximum absolute atomic E-state index is 11.7. The third-order valence-corrected chi connectivity index (χ3v) is 31.1. The quantitative estimate of drug-likeness (QED) is 0.00772. The third-order valence-electron chi connectivity index (χ3n) is 16.2. The summed E-state index contributed by atoms with van der Waals surface area (Å²) in [4.78, 5) is 209. The molecule has 722 valence electrons. The fourth-order valence-corrected chi connectivity index (χ4v) is 22.8. The summed E-state index contributed by atoms with van der Waals surface area (Å²) in [7, 11) is -69.2. The van der Waals surface area contributed by atoms with Crippen molar-refractivity contribution in [2.45, 2.75) is 98.2 Å². The molecule has 0 aromatic carbocycles. The Balaban J connectivity index is 0.000000194. The van der Waals surface area contributed by atoms with Crippen molar-refractivity contribution >= 4 is 167 Å². The van der Waals surface area contributed by atoms with Gasteiger partial charge in [0.1, 0.15) is 95.3 Å². The molecule has 71 nitrogen and oxygen atoms in total. The number of rotatable bonds is 34. The summed E-state index contributed by atoms with van der Waals surface area (Å²) in [5.74, 6) is -0.386. The number of halogens is 1. The largest absolute Gasteiger partial charge is 0.790 e. The molecule has 0 bridgehead atoms. The van der Waals surface area contributed by atoms with Crippen LogP contribution in [-0.2, 0) is 133 Å². The average Bonchev–Trinajstić information content (AvgIpc) is 1.61. The smallest absolute Gasteiger partial charge is 0.278 e. The summed E-state index contributed by atoms with van der Waals surface area (Å²) < 4.78 is 203. The van der Waals surface area contributed by atoms with E-state index in [0.29, 0.717) is 11.2 Å². The Bertz CT molecular complexity index is 6160. The second kappa shape index (κ2) is 41.2. The highest BCUT2D eigenvalue weighted by atomic mass is 35.5. The lowest BCUT2D eigenvalue weighted by Crippen LogP contribution is -2.34. The van der Waals surface area contributed by atoms with E-state index >= 15 is 0 Å². The molecule has 24 atom stereocenters. The number of fused-ring (bicyclic) bond motifs is 4. The zero-order valence-electron chi connectivity index (χ0n) is 62.4. The minimum Gasteiger partial charge on any atom is -0.790 e. The second-order valence-electron chi connectivity index (χ2n) is 25.0. The minimum absolute atomic E-state index is 0.0175. The van der Waals surface area contributed by atoms with Crippen molar-refractivity contribution in [1.29, 1.82) is 5.41 Å². The van der Waals surface area contributed by atoms with Gasteiger partial charge in [-0.2, -0.15) is 0 Å². The molecule has 0 radical (unpaired) electrons. The molecule has 24 unspecified atom stereocenters. The van der Waals surface area contributed by atoms with Crippen molar-refractivity contribution in [3.63, 3.8) is 0 Å². The van der Waals surface area contributed by atoms with E-state index in [4.69, 9.17) is 47.2 Å². The lowest BCUT2D eigenvalue weighted by Gasteiger charge is -2.37. The number of nitrogen functional groups attached to an aromatic ring is 1. The minimum atomic E-state index is -6.19. The number of imidazole rings is 4. The number of anilines is 2. The predicted molar refractivity (Wildman–Crippen MR) is 370 cm³/mol. The van der Waals surface area contributed by atoms with E-state index < -0.39 is 218 Å². The molecular weight excluding hydrogens is 2050 g/mol. The molecule has 12 N–H and O–H groups in total. The zero-order chi connectivity index (χ0) is 96.6. The van der Waals surface area contributed by atoms with Crippen molar-refractivity contribution in [2.24, 2.45) is 12.2 Å². The maximum Gasteiger partial charge on any atom is 0.278 e. The number of hydrogen-bond acceptors (Lipinski definition) is 64. The van der Waals surface area contributed by atoms with Gasteiger partial charge < -0.3 is 190 Å². The first-order valence-corrected chi connectivity index (χ1v) is 51.0. The number of azide groups is 1. The first-order valence-electron chi connectivity index (χ1n) is 33.1. The molecule has 0 aliphatic carbocycles. The molecule has 4 aliphatic heterocycles. The number of nitrogens with zero attached hydrogens (tertiary/aromatic N) is 16. The van der Waals surface area contributed by atoms with Crippen LogP contribution in [0.1, 0.15) is 24.9 Å². The number of aliphatic hydroxyl groups is 8. The Morgan fingerprint density at radius 1 is 0.434 bits per heavy atom. The Kier molecular flexibility index (Phi) is 34.3. The fourth-order valence-electron chi connectivity index (χ4n) is 11.1. The SMILES string of the molecule is CNc1ccnc2c1ncn2C1OC(COP(=O)([O-])OP(=O)([O-])OP(=O)([O-])[O-])C(O)C1O.Cn1cnc2c(ncn2C2OC(COP(=O)([O-])OP(=O)([O-])OP(=O)([O-])[O-])C(O)C2O)c1=N.O=P([O-])([O-])OP(=O)([O-])OP(=O)([O-])OCC1OC(n2cnc3c(Cl)ccnc32)C(O)C1O.[N-]=[N+]=Nc1nc2c(N)ccnc2n1C1OC(COP(=O)([O-])OP(=O)([O-])OP(=O)([O-])[O-])C(O)C1O. The number of phosphoric ester groups is 4. The number of phosphoric acid groups is 12. The van der Waals surface area contributed by atoms with Crippen LogP contribution in [0.3, 0.4) is 0 Å². The summed E-state index contributed by atoms with van der Waals surface area (Å²) in [6.45, 7) is -4.37. The first kappa shape index (κ1) is 107. The van der Waals surface area contributed by atoms with Gasteiger partial charge in [0.05, 0.1) is 99.4 Å². The van der Waals surface area contributed by atoms with E-state index in [2.05, 4.69) is 108 Å². The van der Waals surface area contributed by atoms with Crippen LogP contribution in [0.4, 0.5) is 17.3 Å².